The standard InChI is InChI=1S/C24H18N4O6/c29-19(21-7-3-11-33-21)15-27-9-1-5-17(13-27)23(31)25-26-24(32)18-6-2-10-28(14-18)16-20(30)22-8-4-12-34-22/h1-14H,15-16H2/p+2. The molecule has 0 aliphatic carbocycles. The summed E-state index contributed by atoms with van der Waals surface area (Å²) in [7, 11) is 0. The number of rotatable bonds is 8. The molecule has 4 heterocycles. The van der Waals surface area contributed by atoms with Crippen LogP contribution in [0, 0.1) is 0 Å². The maximum absolute atomic E-state index is 12.5. The Labute approximate surface area is 193 Å². The summed E-state index contributed by atoms with van der Waals surface area (Å²) < 4.78 is 13.3. The van der Waals surface area contributed by atoms with Crippen molar-refractivity contribution in [3.8, 4) is 0 Å². The van der Waals surface area contributed by atoms with Crippen molar-refractivity contribution in [1.29, 1.82) is 0 Å². The topological polar surface area (TPSA) is 126 Å². The van der Waals surface area contributed by atoms with Gasteiger partial charge in [0.15, 0.2) is 36.3 Å². The number of amides is 2. The van der Waals surface area contributed by atoms with Gasteiger partial charge in [-0.25, -0.2) is 0 Å². The third kappa shape index (κ3) is 5.49. The molecule has 0 atom stereocenters. The van der Waals surface area contributed by atoms with E-state index in [9.17, 15) is 19.2 Å². The molecule has 2 amide bonds. The molecule has 10 heteroatoms. The van der Waals surface area contributed by atoms with Gasteiger partial charge in [0.25, 0.3) is 23.4 Å². The van der Waals surface area contributed by atoms with E-state index in [1.54, 1.807) is 60.9 Å². The molecular formula is C24H20N4O6+2. The van der Waals surface area contributed by atoms with E-state index in [0.717, 1.165) is 0 Å². The van der Waals surface area contributed by atoms with E-state index in [2.05, 4.69) is 10.9 Å². The van der Waals surface area contributed by atoms with Crippen LogP contribution < -0.4 is 20.0 Å². The minimum atomic E-state index is -0.565. The molecule has 0 unspecified atom stereocenters. The maximum atomic E-state index is 12.5. The lowest BCUT2D eigenvalue weighted by Crippen LogP contribution is -2.44. The number of carbonyl (C=O) groups excluding carboxylic acids is 4. The molecule has 0 aromatic carbocycles. The van der Waals surface area contributed by atoms with Gasteiger partial charge in [0.1, 0.15) is 11.1 Å². The second-order valence-electron chi connectivity index (χ2n) is 7.24. The second kappa shape index (κ2) is 10.2. The monoisotopic (exact) mass is 460 g/mol. The smallest absolute Gasteiger partial charge is 0.275 e. The fraction of sp³-hybridized carbons (Fsp3) is 0.0833. The molecule has 10 nitrogen and oxygen atoms in total. The number of aromatic nitrogens is 2. The molecule has 4 aromatic heterocycles. The summed E-state index contributed by atoms with van der Waals surface area (Å²) in [5.74, 6) is -1.18. The molecule has 0 spiro atoms. The Hall–Kier alpha value is -4.86. The van der Waals surface area contributed by atoms with E-state index in [1.165, 1.54) is 34.1 Å². The molecule has 0 fully saturated rings. The van der Waals surface area contributed by atoms with E-state index in [-0.39, 0.29) is 47.3 Å². The third-order valence-electron chi connectivity index (χ3n) is 4.77. The minimum absolute atomic E-state index is 0.0122. The first-order valence-corrected chi connectivity index (χ1v) is 10.2. The van der Waals surface area contributed by atoms with Crippen LogP contribution in [0.3, 0.4) is 0 Å². The fourth-order valence-corrected chi connectivity index (χ4v) is 3.13. The van der Waals surface area contributed by atoms with Crippen molar-refractivity contribution in [3.63, 3.8) is 0 Å². The summed E-state index contributed by atoms with van der Waals surface area (Å²) in [4.78, 5) is 49.4. The largest absolute Gasteiger partial charge is 0.461 e. The quantitative estimate of drug-likeness (QED) is 0.232. The third-order valence-corrected chi connectivity index (χ3v) is 4.77. The summed E-state index contributed by atoms with van der Waals surface area (Å²) in [5, 5.41) is 0. The Morgan fingerprint density at radius 2 is 1.09 bits per heavy atom. The Morgan fingerprint density at radius 3 is 1.47 bits per heavy atom. The summed E-state index contributed by atoms with van der Waals surface area (Å²) in [6, 6.07) is 12.7. The predicted octanol–water partition coefficient (Wildman–Crippen LogP) is 1.29. The van der Waals surface area contributed by atoms with E-state index in [1.807, 2.05) is 0 Å². The number of hydrogen-bond donors (Lipinski definition) is 2. The number of hydrazine groups is 1. The first-order chi connectivity index (χ1) is 16.5. The number of hydrogen-bond acceptors (Lipinski definition) is 6. The van der Waals surface area contributed by atoms with Crippen LogP contribution in [0.25, 0.3) is 0 Å². The van der Waals surface area contributed by atoms with Crippen LogP contribution in [0.15, 0.2) is 94.7 Å². The van der Waals surface area contributed by atoms with Crippen LogP contribution in [-0.2, 0) is 13.1 Å². The summed E-state index contributed by atoms with van der Waals surface area (Å²) in [6.07, 6.45) is 9.08. The van der Waals surface area contributed by atoms with Crippen molar-refractivity contribution < 1.29 is 37.1 Å². The lowest BCUT2D eigenvalue weighted by atomic mass is 10.2. The van der Waals surface area contributed by atoms with Gasteiger partial charge < -0.3 is 8.83 Å². The van der Waals surface area contributed by atoms with E-state index < -0.39 is 11.8 Å². The van der Waals surface area contributed by atoms with Crippen molar-refractivity contribution in [2.45, 2.75) is 13.1 Å². The van der Waals surface area contributed by atoms with Crippen LogP contribution in [0.4, 0.5) is 0 Å². The molecule has 4 rings (SSSR count). The fourth-order valence-electron chi connectivity index (χ4n) is 3.13. The van der Waals surface area contributed by atoms with E-state index in [4.69, 9.17) is 8.83 Å². The van der Waals surface area contributed by atoms with Gasteiger partial charge >= 0.3 is 0 Å². The molecule has 4 aromatic rings. The van der Waals surface area contributed by atoms with Gasteiger partial charge in [-0.15, -0.1) is 0 Å². The molecule has 0 aliphatic rings. The zero-order chi connectivity index (χ0) is 23.9. The molecule has 0 saturated carbocycles. The summed E-state index contributed by atoms with van der Waals surface area (Å²) in [5.41, 5.74) is 5.16. The number of ketones is 2. The van der Waals surface area contributed by atoms with E-state index in [0.29, 0.717) is 0 Å². The number of nitrogens with one attached hydrogen (secondary N) is 2. The average molecular weight is 460 g/mol. The van der Waals surface area contributed by atoms with Gasteiger partial charge in [0.05, 0.1) is 12.5 Å². The molecule has 0 bridgehead atoms. The van der Waals surface area contributed by atoms with Crippen molar-refractivity contribution in [2.75, 3.05) is 0 Å². The molecule has 2 N–H and O–H groups in total. The molecule has 0 aliphatic heterocycles. The van der Waals surface area contributed by atoms with Gasteiger partial charge in [-0.2, -0.15) is 9.13 Å². The number of furan rings is 2. The highest BCUT2D eigenvalue weighted by atomic mass is 16.3. The number of carbonyl (C=O) groups is 4. The zero-order valence-electron chi connectivity index (χ0n) is 17.8. The lowest BCUT2D eigenvalue weighted by molar-refractivity contribution is -0.683. The van der Waals surface area contributed by atoms with E-state index >= 15 is 0 Å². The van der Waals surface area contributed by atoms with Crippen molar-refractivity contribution in [2.24, 2.45) is 0 Å². The van der Waals surface area contributed by atoms with Gasteiger partial charge in [-0.1, -0.05) is 0 Å². The molecular weight excluding hydrogens is 440 g/mol. The van der Waals surface area contributed by atoms with Crippen LogP contribution in [-0.4, -0.2) is 23.4 Å². The Morgan fingerprint density at radius 1 is 0.647 bits per heavy atom. The van der Waals surface area contributed by atoms with Crippen LogP contribution in [0.1, 0.15) is 41.8 Å². The highest BCUT2D eigenvalue weighted by Crippen LogP contribution is 2.03. The van der Waals surface area contributed by atoms with Gasteiger partial charge in [-0.05, 0) is 36.4 Å². The van der Waals surface area contributed by atoms with Crippen molar-refractivity contribution >= 4 is 23.4 Å². The highest BCUT2D eigenvalue weighted by Gasteiger charge is 2.19. The van der Waals surface area contributed by atoms with Crippen LogP contribution >= 0.6 is 0 Å². The number of Topliss-reactive ketones (excluding diaryl/α,β-unsaturated/α-hetero) is 2. The second-order valence-corrected chi connectivity index (χ2v) is 7.24. The molecule has 0 saturated heterocycles. The first kappa shape index (κ1) is 22.3. The Bertz CT molecular complexity index is 1230. The van der Waals surface area contributed by atoms with Gasteiger partial charge in [-0.3, -0.25) is 30.0 Å². The first-order valence-electron chi connectivity index (χ1n) is 10.2. The molecule has 34 heavy (non-hydrogen) atoms. The highest BCUT2D eigenvalue weighted by molar-refractivity contribution is 5.98. The van der Waals surface area contributed by atoms with Gasteiger partial charge in [0.2, 0.25) is 13.1 Å². The average Bonchev–Trinajstić information content (AvgIpc) is 3.57. The van der Waals surface area contributed by atoms with Crippen LogP contribution in [0.5, 0.6) is 0 Å². The zero-order valence-corrected chi connectivity index (χ0v) is 17.8. The summed E-state index contributed by atoms with van der Waals surface area (Å²) in [6.45, 7) is -0.0243. The number of nitrogens with zero attached hydrogens (tertiary/aromatic N) is 2. The lowest BCUT2D eigenvalue weighted by Gasteiger charge is -2.06. The normalized spacial score (nSPS) is 10.5. The molecule has 0 radical (unpaired) electrons. The minimum Gasteiger partial charge on any atom is -0.461 e. The SMILES string of the molecule is O=C(NNC(=O)c1ccc[n+](CC(=O)c2ccco2)c1)c1ccc[n+](CC(=O)c2ccco2)c1. The Balaban J connectivity index is 1.34. The molecule has 170 valence electrons. The number of pyridine rings is 2. The van der Waals surface area contributed by atoms with Gasteiger partial charge in [0, 0.05) is 12.1 Å². The van der Waals surface area contributed by atoms with Crippen molar-refractivity contribution in [1.82, 2.24) is 10.9 Å². The maximum Gasteiger partial charge on any atom is 0.275 e. The Kier molecular flexibility index (Phi) is 6.68. The van der Waals surface area contributed by atoms with Crippen molar-refractivity contribution in [3.05, 3.63) is 108 Å². The predicted molar refractivity (Wildman–Crippen MR) is 114 cm³/mol. The summed E-state index contributed by atoms with van der Waals surface area (Å²) >= 11 is 0. The van der Waals surface area contributed by atoms with Crippen LogP contribution in [0.2, 0.25) is 0 Å².